The van der Waals surface area contributed by atoms with E-state index >= 15 is 0 Å². The molecule has 1 atom stereocenters. The Hall–Kier alpha value is -1.39. The van der Waals surface area contributed by atoms with Gasteiger partial charge in [-0.25, -0.2) is 4.98 Å². The van der Waals surface area contributed by atoms with Crippen LogP contribution in [-0.4, -0.2) is 28.3 Å². The van der Waals surface area contributed by atoms with Crippen molar-refractivity contribution in [1.82, 2.24) is 14.9 Å². The third-order valence-corrected chi connectivity index (χ3v) is 3.66. The number of aliphatic hydroxyl groups is 1. The molecule has 96 valence electrons. The van der Waals surface area contributed by atoms with Crippen LogP contribution in [-0.2, 0) is 7.05 Å². The van der Waals surface area contributed by atoms with Gasteiger partial charge in [0.25, 0.3) is 0 Å². The summed E-state index contributed by atoms with van der Waals surface area (Å²) >= 11 is 0. The maximum absolute atomic E-state index is 9.98. The van der Waals surface area contributed by atoms with Crippen LogP contribution in [0, 0.1) is 0 Å². The second kappa shape index (κ2) is 4.37. The molecule has 0 spiro atoms. The maximum Gasteiger partial charge on any atom is 0.112 e. The summed E-state index contributed by atoms with van der Waals surface area (Å²) < 4.78 is 2.18. The number of hydrogen-bond donors (Lipinski definition) is 2. The van der Waals surface area contributed by atoms with Gasteiger partial charge in [-0.15, -0.1) is 0 Å². The molecule has 1 heterocycles. The number of fused-ring (bicyclic) bond motifs is 1. The Balaban J connectivity index is 2.01. The lowest BCUT2D eigenvalue weighted by Gasteiger charge is -2.09. The van der Waals surface area contributed by atoms with E-state index in [0.29, 0.717) is 12.5 Å². The molecule has 4 heteroatoms. The van der Waals surface area contributed by atoms with Crippen molar-refractivity contribution in [1.29, 1.82) is 0 Å². The highest BCUT2D eigenvalue weighted by atomic mass is 16.3. The Morgan fingerprint density at radius 3 is 2.94 bits per heavy atom. The summed E-state index contributed by atoms with van der Waals surface area (Å²) in [4.78, 5) is 4.71. The summed E-state index contributed by atoms with van der Waals surface area (Å²) in [5, 5.41) is 13.0. The lowest BCUT2D eigenvalue weighted by Crippen LogP contribution is -2.16. The number of nitrogens with zero attached hydrogens (tertiary/aromatic N) is 2. The first-order valence-electron chi connectivity index (χ1n) is 6.49. The summed E-state index contributed by atoms with van der Waals surface area (Å²) in [6.07, 6.45) is 2.05. The molecule has 18 heavy (non-hydrogen) atoms. The summed E-state index contributed by atoms with van der Waals surface area (Å²) in [7, 11) is 3.92. The van der Waals surface area contributed by atoms with Gasteiger partial charge in [0.2, 0.25) is 0 Å². The number of benzene rings is 1. The number of nitrogens with one attached hydrogen (secondary N) is 1. The molecule has 0 amide bonds. The molecule has 3 rings (SSSR count). The van der Waals surface area contributed by atoms with Crippen molar-refractivity contribution in [3.63, 3.8) is 0 Å². The van der Waals surface area contributed by atoms with Crippen LogP contribution in [0.25, 0.3) is 11.0 Å². The quantitative estimate of drug-likeness (QED) is 0.862. The van der Waals surface area contributed by atoms with Crippen molar-refractivity contribution >= 4 is 11.0 Å². The minimum atomic E-state index is -0.467. The van der Waals surface area contributed by atoms with Gasteiger partial charge < -0.3 is 15.0 Å². The van der Waals surface area contributed by atoms with Crippen molar-refractivity contribution in [3.8, 4) is 0 Å². The fourth-order valence-electron chi connectivity index (χ4n) is 2.46. The van der Waals surface area contributed by atoms with Gasteiger partial charge in [-0.1, -0.05) is 6.07 Å². The van der Waals surface area contributed by atoms with E-state index < -0.39 is 6.10 Å². The Kier molecular flexibility index (Phi) is 2.84. The highest BCUT2D eigenvalue weighted by molar-refractivity contribution is 5.77. The zero-order chi connectivity index (χ0) is 12.7. The van der Waals surface area contributed by atoms with E-state index in [1.54, 1.807) is 0 Å². The van der Waals surface area contributed by atoms with E-state index in [9.17, 15) is 5.11 Å². The maximum atomic E-state index is 9.98. The minimum Gasteiger partial charge on any atom is -0.387 e. The molecule has 0 aliphatic heterocycles. The first-order chi connectivity index (χ1) is 8.70. The summed E-state index contributed by atoms with van der Waals surface area (Å²) in [5.41, 5.74) is 3.07. The average molecular weight is 245 g/mol. The van der Waals surface area contributed by atoms with Crippen LogP contribution >= 0.6 is 0 Å². The fraction of sp³-hybridized carbons (Fsp3) is 0.500. The number of imidazole rings is 1. The van der Waals surface area contributed by atoms with Crippen LogP contribution in [0.3, 0.4) is 0 Å². The highest BCUT2D eigenvalue weighted by Gasteiger charge is 2.28. The Bertz CT molecular complexity index is 572. The molecular formula is C14H19N3O. The van der Waals surface area contributed by atoms with Gasteiger partial charge in [0.1, 0.15) is 5.82 Å². The Labute approximate surface area is 107 Å². The molecule has 1 aromatic carbocycles. The third kappa shape index (κ3) is 1.91. The van der Waals surface area contributed by atoms with Gasteiger partial charge in [0, 0.05) is 19.5 Å². The van der Waals surface area contributed by atoms with E-state index in [1.807, 2.05) is 19.2 Å². The molecule has 1 aromatic heterocycles. The normalized spacial score (nSPS) is 17.3. The van der Waals surface area contributed by atoms with E-state index in [2.05, 4.69) is 23.0 Å². The zero-order valence-corrected chi connectivity index (χ0v) is 10.8. The molecule has 1 saturated carbocycles. The lowest BCUT2D eigenvalue weighted by atomic mass is 10.1. The third-order valence-electron chi connectivity index (χ3n) is 3.66. The number of aromatic nitrogens is 2. The predicted octanol–water partition coefficient (Wildman–Crippen LogP) is 1.70. The van der Waals surface area contributed by atoms with Crippen LogP contribution in [0.2, 0.25) is 0 Å². The number of rotatable bonds is 4. The lowest BCUT2D eigenvalue weighted by molar-refractivity contribution is 0.178. The largest absolute Gasteiger partial charge is 0.387 e. The number of likely N-dealkylation sites (N-methyl/N-ethyl adjacent to an activating group) is 1. The van der Waals surface area contributed by atoms with Crippen LogP contribution in [0.15, 0.2) is 18.2 Å². The topological polar surface area (TPSA) is 50.1 Å². The SMILES string of the molecule is CNCC(O)c1ccc2c(c1)nc(C1CC1)n2C. The molecule has 2 N–H and O–H groups in total. The van der Waals surface area contributed by atoms with Crippen molar-refractivity contribution in [2.24, 2.45) is 7.05 Å². The molecule has 0 radical (unpaired) electrons. The first kappa shape index (κ1) is 11.7. The number of aryl methyl sites for hydroxylation is 1. The minimum absolute atomic E-state index is 0.467. The molecule has 4 nitrogen and oxygen atoms in total. The monoisotopic (exact) mass is 245 g/mol. The summed E-state index contributed by atoms with van der Waals surface area (Å²) in [6.45, 7) is 0.563. The molecular weight excluding hydrogens is 226 g/mol. The zero-order valence-electron chi connectivity index (χ0n) is 10.8. The van der Waals surface area contributed by atoms with Gasteiger partial charge in [-0.05, 0) is 37.6 Å². The van der Waals surface area contributed by atoms with Crippen LogP contribution in [0.4, 0.5) is 0 Å². The highest BCUT2D eigenvalue weighted by Crippen LogP contribution is 2.40. The first-order valence-corrected chi connectivity index (χ1v) is 6.49. The van der Waals surface area contributed by atoms with E-state index in [4.69, 9.17) is 4.98 Å². The van der Waals surface area contributed by atoms with Crippen molar-refractivity contribution < 1.29 is 5.11 Å². The fourth-order valence-corrected chi connectivity index (χ4v) is 2.46. The molecule has 1 aliphatic rings. The van der Waals surface area contributed by atoms with Gasteiger partial charge >= 0.3 is 0 Å². The molecule has 1 aliphatic carbocycles. The van der Waals surface area contributed by atoms with E-state index in [0.717, 1.165) is 16.6 Å². The molecule has 0 bridgehead atoms. The average Bonchev–Trinajstić information content (AvgIpc) is 3.15. The molecule has 0 saturated heterocycles. The van der Waals surface area contributed by atoms with Crippen molar-refractivity contribution in [2.45, 2.75) is 24.9 Å². The summed E-state index contributed by atoms with van der Waals surface area (Å²) in [5.74, 6) is 1.83. The van der Waals surface area contributed by atoms with Gasteiger partial charge in [0.15, 0.2) is 0 Å². The second-order valence-electron chi connectivity index (χ2n) is 5.12. The van der Waals surface area contributed by atoms with Crippen LogP contribution < -0.4 is 5.32 Å². The van der Waals surface area contributed by atoms with Crippen LogP contribution in [0.5, 0.6) is 0 Å². The Morgan fingerprint density at radius 1 is 1.50 bits per heavy atom. The van der Waals surface area contributed by atoms with Gasteiger partial charge in [-0.2, -0.15) is 0 Å². The van der Waals surface area contributed by atoms with Gasteiger partial charge in [0.05, 0.1) is 17.1 Å². The second-order valence-corrected chi connectivity index (χ2v) is 5.12. The molecule has 2 aromatic rings. The Morgan fingerprint density at radius 2 is 2.28 bits per heavy atom. The molecule has 1 fully saturated rings. The smallest absolute Gasteiger partial charge is 0.112 e. The van der Waals surface area contributed by atoms with Crippen LogP contribution in [0.1, 0.15) is 36.3 Å². The number of hydrogen-bond acceptors (Lipinski definition) is 3. The van der Waals surface area contributed by atoms with Crippen molar-refractivity contribution in [3.05, 3.63) is 29.6 Å². The van der Waals surface area contributed by atoms with E-state index in [1.165, 1.54) is 18.7 Å². The number of aliphatic hydroxyl groups excluding tert-OH is 1. The predicted molar refractivity (Wildman–Crippen MR) is 71.6 cm³/mol. The summed E-state index contributed by atoms with van der Waals surface area (Å²) in [6, 6.07) is 6.05. The van der Waals surface area contributed by atoms with Gasteiger partial charge in [-0.3, -0.25) is 0 Å². The molecule has 1 unspecified atom stereocenters. The van der Waals surface area contributed by atoms with E-state index in [-0.39, 0.29) is 0 Å². The van der Waals surface area contributed by atoms with Crippen molar-refractivity contribution in [2.75, 3.05) is 13.6 Å². The standard InChI is InChI=1S/C14H19N3O/c1-15-8-13(18)10-5-6-12-11(7-10)16-14(17(12)2)9-3-4-9/h5-7,9,13,15,18H,3-4,8H2,1-2H3.